The minimum Gasteiger partial charge on any atom is -0.494 e. The highest BCUT2D eigenvalue weighted by atomic mass is 32.2. The molecule has 6 heteroatoms. The number of aryl methyl sites for hydroxylation is 1. The van der Waals surface area contributed by atoms with Gasteiger partial charge < -0.3 is 9.64 Å². The van der Waals surface area contributed by atoms with Crippen LogP contribution in [0.5, 0.6) is 5.75 Å². The second-order valence-corrected chi connectivity index (χ2v) is 9.35. The molecule has 2 aromatic rings. The zero-order valence-corrected chi connectivity index (χ0v) is 17.2. The minimum absolute atomic E-state index is 0.0306. The monoisotopic (exact) mass is 401 g/mol. The lowest BCUT2D eigenvalue weighted by Crippen LogP contribution is -2.40. The lowest BCUT2D eigenvalue weighted by molar-refractivity contribution is 0.0681. The third-order valence-corrected chi connectivity index (χ3v) is 6.86. The molecular weight excluding hydrogens is 374 g/mol. The molecule has 1 atom stereocenters. The zero-order valence-electron chi connectivity index (χ0n) is 16.4. The first-order valence-corrected chi connectivity index (χ1v) is 11.6. The van der Waals surface area contributed by atoms with E-state index < -0.39 is 9.84 Å². The summed E-state index contributed by atoms with van der Waals surface area (Å²) in [5.41, 5.74) is 2.77. The van der Waals surface area contributed by atoms with Crippen LogP contribution in [0.25, 0.3) is 0 Å². The lowest BCUT2D eigenvalue weighted by Gasteiger charge is -2.28. The molecule has 5 nitrogen and oxygen atoms in total. The number of amides is 1. The molecule has 0 aromatic heterocycles. The Labute approximate surface area is 167 Å². The normalized spacial score (nSPS) is 18.0. The van der Waals surface area contributed by atoms with Crippen LogP contribution in [-0.4, -0.2) is 43.4 Å². The van der Waals surface area contributed by atoms with Crippen LogP contribution in [0.4, 0.5) is 0 Å². The molecule has 0 N–H and O–H groups in total. The summed E-state index contributed by atoms with van der Waals surface area (Å²) in [4.78, 5) is 14.9. The molecule has 1 saturated heterocycles. The van der Waals surface area contributed by atoms with E-state index in [-0.39, 0.29) is 23.5 Å². The van der Waals surface area contributed by atoms with Crippen molar-refractivity contribution in [2.75, 3.05) is 18.1 Å². The predicted octanol–water partition coefficient (Wildman–Crippen LogP) is 3.48. The summed E-state index contributed by atoms with van der Waals surface area (Å²) in [5, 5.41) is 0. The van der Waals surface area contributed by atoms with Gasteiger partial charge in [-0.25, -0.2) is 8.42 Å². The van der Waals surface area contributed by atoms with Gasteiger partial charge in [-0.05, 0) is 55.2 Å². The van der Waals surface area contributed by atoms with Crippen LogP contribution >= 0.6 is 0 Å². The van der Waals surface area contributed by atoms with Gasteiger partial charge in [0.25, 0.3) is 5.91 Å². The molecule has 28 heavy (non-hydrogen) atoms. The maximum atomic E-state index is 13.2. The van der Waals surface area contributed by atoms with Gasteiger partial charge in [-0.1, -0.05) is 31.2 Å². The number of carbonyl (C=O) groups excluding carboxylic acids is 1. The van der Waals surface area contributed by atoms with Crippen molar-refractivity contribution in [2.45, 2.75) is 39.3 Å². The average Bonchev–Trinajstić information content (AvgIpc) is 3.06. The highest BCUT2D eigenvalue weighted by molar-refractivity contribution is 7.91. The molecule has 1 amide bonds. The summed E-state index contributed by atoms with van der Waals surface area (Å²) in [7, 11) is -3.09. The summed E-state index contributed by atoms with van der Waals surface area (Å²) < 4.78 is 29.4. The number of rotatable bonds is 7. The number of hydrogen-bond donors (Lipinski definition) is 0. The van der Waals surface area contributed by atoms with E-state index in [1.807, 2.05) is 19.1 Å². The molecule has 2 aromatic carbocycles. The third kappa shape index (κ3) is 4.93. The molecule has 1 aliphatic rings. The van der Waals surface area contributed by atoms with Crippen LogP contribution in [0.15, 0.2) is 48.5 Å². The molecule has 0 bridgehead atoms. The van der Waals surface area contributed by atoms with Crippen molar-refractivity contribution >= 4 is 15.7 Å². The minimum atomic E-state index is -3.09. The standard InChI is InChI=1S/C22H27NO4S/c1-3-17-5-7-18(8-6-17)15-23(20-13-14-28(25,26)16-20)22(24)19-9-11-21(12-10-19)27-4-2/h5-12,20H,3-4,13-16H2,1-2H3/t20-/m0/s1. The number of carbonyl (C=O) groups is 1. The first kappa shape index (κ1) is 20.4. The molecule has 3 rings (SSSR count). The first-order valence-electron chi connectivity index (χ1n) is 9.74. The molecule has 1 heterocycles. The Kier molecular flexibility index (Phi) is 6.39. The van der Waals surface area contributed by atoms with Gasteiger partial charge in [0.2, 0.25) is 0 Å². The molecule has 0 radical (unpaired) electrons. The summed E-state index contributed by atoms with van der Waals surface area (Å²) in [6.07, 6.45) is 1.44. The third-order valence-electron chi connectivity index (χ3n) is 5.11. The SMILES string of the molecule is CCOc1ccc(C(=O)N(Cc2ccc(CC)cc2)[C@H]2CCS(=O)(=O)C2)cc1. The Bertz CT molecular complexity index is 905. The fraction of sp³-hybridized carbons (Fsp3) is 0.409. The van der Waals surface area contributed by atoms with E-state index >= 15 is 0 Å². The van der Waals surface area contributed by atoms with Gasteiger partial charge in [0.05, 0.1) is 18.1 Å². The molecule has 0 saturated carbocycles. The summed E-state index contributed by atoms with van der Waals surface area (Å²) in [6.45, 7) is 4.97. The fourth-order valence-electron chi connectivity index (χ4n) is 3.49. The van der Waals surface area contributed by atoms with Gasteiger partial charge in [0.1, 0.15) is 5.75 Å². The van der Waals surface area contributed by atoms with Crippen molar-refractivity contribution < 1.29 is 17.9 Å². The van der Waals surface area contributed by atoms with Crippen molar-refractivity contribution in [3.05, 3.63) is 65.2 Å². The van der Waals surface area contributed by atoms with Crippen LogP contribution in [0.1, 0.15) is 41.8 Å². The number of sulfone groups is 1. The Hall–Kier alpha value is -2.34. The van der Waals surface area contributed by atoms with E-state index in [1.165, 1.54) is 5.56 Å². The average molecular weight is 402 g/mol. The molecule has 150 valence electrons. The van der Waals surface area contributed by atoms with Gasteiger partial charge in [0, 0.05) is 18.2 Å². The van der Waals surface area contributed by atoms with Crippen molar-refractivity contribution in [3.8, 4) is 5.75 Å². The van der Waals surface area contributed by atoms with Crippen LogP contribution in [0.3, 0.4) is 0 Å². The molecular formula is C22H27NO4S. The lowest BCUT2D eigenvalue weighted by atomic mass is 10.1. The molecule has 0 aliphatic carbocycles. The largest absolute Gasteiger partial charge is 0.494 e. The molecule has 1 fully saturated rings. The van der Waals surface area contributed by atoms with E-state index in [1.54, 1.807) is 29.2 Å². The maximum absolute atomic E-state index is 13.2. The smallest absolute Gasteiger partial charge is 0.254 e. The first-order chi connectivity index (χ1) is 13.4. The molecule has 1 aliphatic heterocycles. The van der Waals surface area contributed by atoms with Crippen molar-refractivity contribution in [3.63, 3.8) is 0 Å². The van der Waals surface area contributed by atoms with Crippen LogP contribution in [0, 0.1) is 0 Å². The number of hydrogen-bond acceptors (Lipinski definition) is 4. The topological polar surface area (TPSA) is 63.7 Å². The highest BCUT2D eigenvalue weighted by Gasteiger charge is 2.35. The molecule has 0 spiro atoms. The Morgan fingerprint density at radius 1 is 1.04 bits per heavy atom. The quantitative estimate of drug-likeness (QED) is 0.713. The summed E-state index contributed by atoms with van der Waals surface area (Å²) in [5.74, 6) is 0.733. The second kappa shape index (κ2) is 8.78. The fourth-order valence-corrected chi connectivity index (χ4v) is 5.22. The Morgan fingerprint density at radius 2 is 1.68 bits per heavy atom. The number of ether oxygens (including phenoxy) is 1. The van der Waals surface area contributed by atoms with Gasteiger partial charge in [-0.15, -0.1) is 0 Å². The van der Waals surface area contributed by atoms with E-state index in [2.05, 4.69) is 19.1 Å². The summed E-state index contributed by atoms with van der Waals surface area (Å²) in [6, 6.07) is 14.9. The Balaban J connectivity index is 1.85. The van der Waals surface area contributed by atoms with Crippen molar-refractivity contribution in [1.82, 2.24) is 4.90 Å². The Morgan fingerprint density at radius 3 is 2.21 bits per heavy atom. The second-order valence-electron chi connectivity index (χ2n) is 7.12. The van der Waals surface area contributed by atoms with Gasteiger partial charge in [-0.2, -0.15) is 0 Å². The summed E-state index contributed by atoms with van der Waals surface area (Å²) >= 11 is 0. The van der Waals surface area contributed by atoms with Crippen LogP contribution in [-0.2, 0) is 22.8 Å². The van der Waals surface area contributed by atoms with E-state index in [0.29, 0.717) is 30.9 Å². The zero-order chi connectivity index (χ0) is 20.1. The van der Waals surface area contributed by atoms with Crippen LogP contribution in [0.2, 0.25) is 0 Å². The number of benzene rings is 2. The van der Waals surface area contributed by atoms with E-state index in [4.69, 9.17) is 4.74 Å². The van der Waals surface area contributed by atoms with Crippen LogP contribution < -0.4 is 4.74 Å². The number of nitrogens with zero attached hydrogens (tertiary/aromatic N) is 1. The maximum Gasteiger partial charge on any atom is 0.254 e. The van der Waals surface area contributed by atoms with Gasteiger partial charge in [0.15, 0.2) is 9.84 Å². The van der Waals surface area contributed by atoms with Gasteiger partial charge >= 0.3 is 0 Å². The molecule has 0 unspecified atom stereocenters. The highest BCUT2D eigenvalue weighted by Crippen LogP contribution is 2.23. The van der Waals surface area contributed by atoms with E-state index in [0.717, 1.165) is 12.0 Å². The van der Waals surface area contributed by atoms with Crippen molar-refractivity contribution in [1.29, 1.82) is 0 Å². The van der Waals surface area contributed by atoms with Crippen molar-refractivity contribution in [2.24, 2.45) is 0 Å². The van der Waals surface area contributed by atoms with Gasteiger partial charge in [-0.3, -0.25) is 4.79 Å². The van der Waals surface area contributed by atoms with E-state index in [9.17, 15) is 13.2 Å². The predicted molar refractivity (Wildman–Crippen MR) is 110 cm³/mol.